The maximum atomic E-state index is 14.2. The summed E-state index contributed by atoms with van der Waals surface area (Å²) in [5.74, 6) is -1.30. The Balaban J connectivity index is 2.14. The summed E-state index contributed by atoms with van der Waals surface area (Å²) in [5, 5.41) is 3.15. The zero-order chi connectivity index (χ0) is 31.2. The zero-order valence-corrected chi connectivity index (χ0v) is 26.2. The van der Waals surface area contributed by atoms with E-state index >= 15 is 0 Å². The maximum absolute atomic E-state index is 14.2. The summed E-state index contributed by atoms with van der Waals surface area (Å²) in [6.45, 7) is 8.35. The van der Waals surface area contributed by atoms with Crippen LogP contribution in [0.4, 0.5) is 10.1 Å². The number of methoxy groups -OCH3 is 1. The molecule has 0 aliphatic carbocycles. The third-order valence-corrected chi connectivity index (χ3v) is 8.46. The first-order valence-corrected chi connectivity index (χ1v) is 15.3. The minimum atomic E-state index is -4.31. The molecule has 2 amide bonds. The number of benzene rings is 3. The average Bonchev–Trinajstić information content (AvgIpc) is 2.91. The predicted molar refractivity (Wildman–Crippen MR) is 163 cm³/mol. The minimum Gasteiger partial charge on any atom is -0.495 e. The topological polar surface area (TPSA) is 96.0 Å². The van der Waals surface area contributed by atoms with Gasteiger partial charge in [-0.15, -0.1) is 0 Å². The Morgan fingerprint density at radius 1 is 1.02 bits per heavy atom. The molecule has 0 heterocycles. The fourth-order valence-corrected chi connectivity index (χ4v) is 5.95. The number of carbonyl (C=O) groups is 2. The van der Waals surface area contributed by atoms with Crippen molar-refractivity contribution >= 4 is 39.1 Å². The molecule has 3 aromatic carbocycles. The third kappa shape index (κ3) is 8.23. The monoisotopic (exact) mass is 617 g/mol. The molecule has 3 aromatic rings. The summed E-state index contributed by atoms with van der Waals surface area (Å²) >= 11 is 6.27. The van der Waals surface area contributed by atoms with Crippen LogP contribution in [-0.4, -0.2) is 50.4 Å². The predicted octanol–water partition coefficient (Wildman–Crippen LogP) is 5.71. The lowest BCUT2D eigenvalue weighted by atomic mass is 10.1. The van der Waals surface area contributed by atoms with E-state index in [2.05, 4.69) is 5.32 Å². The lowest BCUT2D eigenvalue weighted by molar-refractivity contribution is -0.141. The normalized spacial score (nSPS) is 12.4. The van der Waals surface area contributed by atoms with E-state index in [1.54, 1.807) is 25.1 Å². The van der Waals surface area contributed by atoms with Crippen molar-refractivity contribution in [1.29, 1.82) is 0 Å². The molecular weight excluding hydrogens is 581 g/mol. The highest BCUT2D eigenvalue weighted by molar-refractivity contribution is 7.92. The van der Waals surface area contributed by atoms with Crippen LogP contribution in [0.3, 0.4) is 0 Å². The van der Waals surface area contributed by atoms with E-state index in [4.69, 9.17) is 16.3 Å². The van der Waals surface area contributed by atoms with E-state index in [0.717, 1.165) is 9.87 Å². The van der Waals surface area contributed by atoms with Gasteiger partial charge >= 0.3 is 0 Å². The summed E-state index contributed by atoms with van der Waals surface area (Å²) < 4.78 is 48.2. The Hall–Kier alpha value is -3.63. The van der Waals surface area contributed by atoms with Gasteiger partial charge in [0.15, 0.2) is 0 Å². The largest absolute Gasteiger partial charge is 0.495 e. The van der Waals surface area contributed by atoms with Crippen LogP contribution in [-0.2, 0) is 26.2 Å². The van der Waals surface area contributed by atoms with Crippen LogP contribution < -0.4 is 14.4 Å². The lowest BCUT2D eigenvalue weighted by Crippen LogP contribution is -2.55. The molecule has 0 aliphatic rings. The summed E-state index contributed by atoms with van der Waals surface area (Å²) in [6, 6.07) is 15.3. The van der Waals surface area contributed by atoms with Crippen LogP contribution in [0.2, 0.25) is 5.02 Å². The van der Waals surface area contributed by atoms with Gasteiger partial charge in [-0.1, -0.05) is 48.4 Å². The standard InChI is InChI=1S/C31H37ClFN3O5S/c1-7-26(30(38)34-31(3,4)5)35(19-22-10-13-24(33)14-11-22)29(37)20-36(27-18-23(32)12-17-28(27)41-6)42(39,40)25-15-8-21(2)9-16-25/h8-18,26H,7,19-20H2,1-6H3,(H,34,38). The van der Waals surface area contributed by atoms with Crippen molar-refractivity contribution in [3.63, 3.8) is 0 Å². The molecule has 3 rings (SSSR count). The van der Waals surface area contributed by atoms with E-state index in [9.17, 15) is 22.4 Å². The summed E-state index contributed by atoms with van der Waals surface area (Å²) in [4.78, 5) is 28.9. The smallest absolute Gasteiger partial charge is 0.264 e. The third-order valence-electron chi connectivity index (χ3n) is 6.45. The molecule has 11 heteroatoms. The highest BCUT2D eigenvalue weighted by atomic mass is 35.5. The fraction of sp³-hybridized carbons (Fsp3) is 0.355. The van der Waals surface area contributed by atoms with E-state index < -0.39 is 45.8 Å². The molecule has 42 heavy (non-hydrogen) atoms. The Morgan fingerprint density at radius 2 is 1.64 bits per heavy atom. The van der Waals surface area contributed by atoms with Crippen LogP contribution in [0, 0.1) is 12.7 Å². The molecular formula is C31H37ClFN3O5S. The van der Waals surface area contributed by atoms with Crippen molar-refractivity contribution in [2.24, 2.45) is 0 Å². The number of anilines is 1. The van der Waals surface area contributed by atoms with Crippen molar-refractivity contribution in [3.8, 4) is 5.75 Å². The van der Waals surface area contributed by atoms with E-state index in [1.165, 1.54) is 60.5 Å². The molecule has 226 valence electrons. The van der Waals surface area contributed by atoms with Crippen molar-refractivity contribution in [3.05, 3.63) is 88.7 Å². The molecule has 0 saturated carbocycles. The Bertz CT molecular complexity index is 1510. The number of sulfonamides is 1. The quantitative estimate of drug-likeness (QED) is 0.297. The first-order chi connectivity index (χ1) is 19.7. The van der Waals surface area contributed by atoms with Crippen LogP contribution >= 0.6 is 11.6 Å². The molecule has 0 bridgehead atoms. The highest BCUT2D eigenvalue weighted by Crippen LogP contribution is 2.35. The van der Waals surface area contributed by atoms with Crippen LogP contribution in [0.1, 0.15) is 45.2 Å². The van der Waals surface area contributed by atoms with Crippen LogP contribution in [0.15, 0.2) is 71.6 Å². The van der Waals surface area contributed by atoms with E-state index in [1.807, 2.05) is 27.7 Å². The second-order valence-electron chi connectivity index (χ2n) is 11.0. The van der Waals surface area contributed by atoms with Crippen molar-refractivity contribution in [2.75, 3.05) is 18.0 Å². The van der Waals surface area contributed by atoms with Crippen LogP contribution in [0.25, 0.3) is 0 Å². The van der Waals surface area contributed by atoms with Gasteiger partial charge < -0.3 is 15.0 Å². The highest BCUT2D eigenvalue weighted by Gasteiger charge is 2.35. The van der Waals surface area contributed by atoms with Gasteiger partial charge in [0.2, 0.25) is 11.8 Å². The van der Waals surface area contributed by atoms with Crippen LogP contribution in [0.5, 0.6) is 5.75 Å². The van der Waals surface area contributed by atoms with Crippen molar-refractivity contribution < 1.29 is 27.1 Å². The number of halogens is 2. The second kappa shape index (κ2) is 13.6. The van der Waals surface area contributed by atoms with Gasteiger partial charge in [0.25, 0.3) is 10.0 Å². The molecule has 0 fully saturated rings. The maximum Gasteiger partial charge on any atom is 0.264 e. The van der Waals surface area contributed by atoms with E-state index in [-0.39, 0.29) is 34.3 Å². The molecule has 1 unspecified atom stereocenters. The molecule has 0 aliphatic heterocycles. The van der Waals surface area contributed by atoms with Gasteiger partial charge in [-0.3, -0.25) is 13.9 Å². The number of carbonyl (C=O) groups excluding carboxylic acids is 2. The first-order valence-electron chi connectivity index (χ1n) is 13.4. The molecule has 1 N–H and O–H groups in total. The number of hydrogen-bond donors (Lipinski definition) is 1. The second-order valence-corrected chi connectivity index (χ2v) is 13.3. The average molecular weight is 618 g/mol. The molecule has 0 radical (unpaired) electrons. The summed E-state index contributed by atoms with van der Waals surface area (Å²) in [5.41, 5.74) is 0.912. The van der Waals surface area contributed by atoms with Gasteiger partial charge in [0.05, 0.1) is 17.7 Å². The van der Waals surface area contributed by atoms with Crippen molar-refractivity contribution in [1.82, 2.24) is 10.2 Å². The Morgan fingerprint density at radius 3 is 2.19 bits per heavy atom. The zero-order valence-electron chi connectivity index (χ0n) is 24.6. The fourth-order valence-electron chi connectivity index (χ4n) is 4.37. The summed E-state index contributed by atoms with van der Waals surface area (Å²) in [7, 11) is -2.93. The Kier molecular flexibility index (Phi) is 10.6. The van der Waals surface area contributed by atoms with E-state index in [0.29, 0.717) is 5.56 Å². The van der Waals surface area contributed by atoms with Gasteiger partial charge in [-0.2, -0.15) is 0 Å². The molecule has 8 nitrogen and oxygen atoms in total. The molecule has 1 atom stereocenters. The Labute approximate surface area is 252 Å². The summed E-state index contributed by atoms with van der Waals surface area (Å²) in [6.07, 6.45) is 0.250. The molecule has 0 aromatic heterocycles. The number of hydrogen-bond acceptors (Lipinski definition) is 5. The minimum absolute atomic E-state index is 0.0365. The number of rotatable bonds is 11. The number of nitrogens with one attached hydrogen (secondary N) is 1. The molecule has 0 spiro atoms. The first kappa shape index (κ1) is 32.9. The number of ether oxygens (including phenoxy) is 1. The SMILES string of the molecule is CCC(C(=O)NC(C)(C)C)N(Cc1ccc(F)cc1)C(=O)CN(c1cc(Cl)ccc1OC)S(=O)(=O)c1ccc(C)cc1. The van der Waals surface area contributed by atoms with Crippen molar-refractivity contribution in [2.45, 2.75) is 64.1 Å². The van der Waals surface area contributed by atoms with Gasteiger partial charge in [0.1, 0.15) is 24.2 Å². The van der Waals surface area contributed by atoms with Gasteiger partial charge in [-0.25, -0.2) is 12.8 Å². The molecule has 0 saturated heterocycles. The van der Waals surface area contributed by atoms with Gasteiger partial charge in [-0.05, 0) is 82.1 Å². The van der Waals surface area contributed by atoms with Gasteiger partial charge in [0, 0.05) is 17.1 Å². The number of nitrogens with zero attached hydrogens (tertiary/aromatic N) is 2. The lowest BCUT2D eigenvalue weighted by Gasteiger charge is -2.35. The number of aryl methyl sites for hydroxylation is 1. The number of amides is 2.